The van der Waals surface area contributed by atoms with E-state index < -0.39 is 79.8 Å². The first-order valence-corrected chi connectivity index (χ1v) is 7.70. The highest BCUT2D eigenvalue weighted by molar-refractivity contribution is 5.73. The second-order valence-corrected chi connectivity index (χ2v) is 6.28. The summed E-state index contributed by atoms with van der Waals surface area (Å²) in [6.45, 7) is -1.56. The predicted octanol–water partition coefficient (Wildman–Crippen LogP) is 0.114. The lowest BCUT2D eigenvalue weighted by Gasteiger charge is -2.39. The van der Waals surface area contributed by atoms with Crippen molar-refractivity contribution in [3.63, 3.8) is 0 Å². The summed E-state index contributed by atoms with van der Waals surface area (Å²) in [5.74, 6) is -22.1. The Morgan fingerprint density at radius 3 is 1.83 bits per heavy atom. The first-order chi connectivity index (χ1) is 13.3. The zero-order valence-corrected chi connectivity index (χ0v) is 14.2. The fourth-order valence-electron chi connectivity index (χ4n) is 2.29. The van der Waals surface area contributed by atoms with Crippen molar-refractivity contribution in [1.29, 1.82) is 0 Å². The average Bonchev–Trinajstić information content (AvgIpc) is 2.57. The van der Waals surface area contributed by atoms with Crippen molar-refractivity contribution >= 4 is 5.97 Å². The van der Waals surface area contributed by atoms with E-state index in [-0.39, 0.29) is 0 Å². The molecule has 1 saturated heterocycles. The Hall–Kier alpha value is -1.40. The topological polar surface area (TPSA) is 137 Å². The van der Waals surface area contributed by atoms with Gasteiger partial charge < -0.3 is 35.0 Å². The smallest absolute Gasteiger partial charge is 0.460 e. The molecule has 1 aliphatic heterocycles. The molecule has 0 saturated carbocycles. The number of carboxylic acids is 1. The second-order valence-electron chi connectivity index (χ2n) is 6.28. The van der Waals surface area contributed by atoms with Crippen LogP contribution >= 0.6 is 0 Å². The van der Waals surface area contributed by atoms with E-state index in [0.717, 1.165) is 0 Å². The highest BCUT2D eigenvalue weighted by Gasteiger charge is 2.81. The summed E-state index contributed by atoms with van der Waals surface area (Å²) in [4.78, 5) is 10.8. The predicted molar refractivity (Wildman–Crippen MR) is 71.8 cm³/mol. The SMILES string of the molecule is O=C(O)[C@H]1O[C@@H](OCC(O)CC(F)(F)C(F)(F)C(F)(F)C(F)(F)F)[C@H](O)[C@@H](O)[C@@H]1O. The number of hydrogen-bond acceptors (Lipinski definition) is 7. The third kappa shape index (κ3) is 4.91. The molecule has 1 aliphatic rings. The van der Waals surface area contributed by atoms with Crippen LogP contribution in [0.4, 0.5) is 39.5 Å². The Bertz CT molecular complexity index is 614. The van der Waals surface area contributed by atoms with E-state index in [9.17, 15) is 64.7 Å². The highest BCUT2D eigenvalue weighted by Crippen LogP contribution is 2.54. The third-order valence-corrected chi connectivity index (χ3v) is 3.97. The molecule has 0 aromatic rings. The molecule has 1 fully saturated rings. The Balaban J connectivity index is 2.84. The van der Waals surface area contributed by atoms with Crippen LogP contribution < -0.4 is 0 Å². The van der Waals surface area contributed by atoms with Crippen LogP contribution in [0.25, 0.3) is 0 Å². The molecule has 0 aromatic carbocycles. The molecule has 17 heteroatoms. The zero-order chi connectivity index (χ0) is 23.9. The normalized spacial score (nSPS) is 30.2. The molecule has 5 N–H and O–H groups in total. The Labute approximate surface area is 160 Å². The van der Waals surface area contributed by atoms with E-state index in [0.29, 0.717) is 0 Å². The van der Waals surface area contributed by atoms with Gasteiger partial charge in [0.25, 0.3) is 0 Å². The van der Waals surface area contributed by atoms with Crippen LogP contribution in [-0.2, 0) is 14.3 Å². The van der Waals surface area contributed by atoms with Crippen LogP contribution in [0.3, 0.4) is 0 Å². The summed E-state index contributed by atoms with van der Waals surface area (Å²) < 4.78 is 124. The van der Waals surface area contributed by atoms with Crippen LogP contribution in [0.15, 0.2) is 0 Å². The van der Waals surface area contributed by atoms with Crippen molar-refractivity contribution in [3.8, 4) is 0 Å². The van der Waals surface area contributed by atoms with Gasteiger partial charge in [-0.25, -0.2) is 4.79 Å². The third-order valence-electron chi connectivity index (χ3n) is 3.97. The molecule has 0 aliphatic carbocycles. The van der Waals surface area contributed by atoms with Crippen LogP contribution in [-0.4, -0.2) is 98.9 Å². The van der Waals surface area contributed by atoms with Gasteiger partial charge in [0.15, 0.2) is 12.4 Å². The molecule has 0 spiro atoms. The molecule has 1 unspecified atom stereocenters. The molecule has 178 valence electrons. The lowest BCUT2D eigenvalue weighted by molar-refractivity contribution is -0.398. The van der Waals surface area contributed by atoms with E-state index in [2.05, 4.69) is 9.47 Å². The quantitative estimate of drug-likeness (QED) is 0.316. The maximum atomic E-state index is 13.4. The standard InChI is InChI=1S/C13H15F9O8/c14-10(15,11(16,17)12(18,19)13(20,21)22)1-3(23)2-29-9-6(26)4(24)5(25)7(30-9)8(27)28/h3-7,9,23-26H,1-2H2,(H,27,28)/t3?,4-,5-,6+,7-,9+/m0/s1. The van der Waals surface area contributed by atoms with Crippen LogP contribution in [0.5, 0.6) is 0 Å². The van der Waals surface area contributed by atoms with Crippen LogP contribution in [0.1, 0.15) is 6.42 Å². The summed E-state index contributed by atoms with van der Waals surface area (Å²) in [6.07, 6.45) is -23.6. The number of aliphatic hydroxyl groups is 4. The number of hydrogen-bond donors (Lipinski definition) is 5. The van der Waals surface area contributed by atoms with Crippen molar-refractivity contribution < 1.29 is 79.3 Å². The zero-order valence-electron chi connectivity index (χ0n) is 14.2. The first kappa shape index (κ1) is 26.6. The lowest BCUT2D eigenvalue weighted by atomic mass is 9.98. The highest BCUT2D eigenvalue weighted by atomic mass is 19.4. The number of carboxylic acid groups (broad SMARTS) is 1. The lowest BCUT2D eigenvalue weighted by Crippen LogP contribution is -2.62. The van der Waals surface area contributed by atoms with Crippen molar-refractivity contribution in [2.24, 2.45) is 0 Å². The molecule has 1 rings (SSSR count). The molecular formula is C13H15F9O8. The summed E-state index contributed by atoms with van der Waals surface area (Å²) >= 11 is 0. The van der Waals surface area contributed by atoms with Gasteiger partial charge in [-0.1, -0.05) is 0 Å². The summed E-state index contributed by atoms with van der Waals surface area (Å²) in [6, 6.07) is 0. The summed E-state index contributed by atoms with van der Waals surface area (Å²) in [7, 11) is 0. The molecule has 0 amide bonds. The van der Waals surface area contributed by atoms with E-state index in [1.807, 2.05) is 0 Å². The minimum absolute atomic E-state index is 1.56. The molecule has 0 radical (unpaired) electrons. The minimum Gasteiger partial charge on any atom is -0.479 e. The Morgan fingerprint density at radius 1 is 0.900 bits per heavy atom. The first-order valence-electron chi connectivity index (χ1n) is 7.70. The number of alkyl halides is 9. The van der Waals surface area contributed by atoms with Crippen molar-refractivity contribution in [3.05, 3.63) is 0 Å². The second kappa shape index (κ2) is 8.62. The van der Waals surface area contributed by atoms with Gasteiger partial charge in [0, 0.05) is 6.42 Å². The number of ether oxygens (including phenoxy) is 2. The van der Waals surface area contributed by atoms with Crippen LogP contribution in [0.2, 0.25) is 0 Å². The van der Waals surface area contributed by atoms with E-state index in [1.165, 1.54) is 0 Å². The Kier molecular flexibility index (Phi) is 7.65. The number of carbonyl (C=O) groups is 1. The van der Waals surface area contributed by atoms with E-state index in [4.69, 9.17) is 5.11 Å². The monoisotopic (exact) mass is 470 g/mol. The molecular weight excluding hydrogens is 455 g/mol. The maximum absolute atomic E-state index is 13.4. The fourth-order valence-corrected chi connectivity index (χ4v) is 2.29. The van der Waals surface area contributed by atoms with Gasteiger partial charge in [-0.15, -0.1) is 0 Å². The van der Waals surface area contributed by atoms with Gasteiger partial charge in [-0.2, -0.15) is 39.5 Å². The van der Waals surface area contributed by atoms with Gasteiger partial charge in [0.2, 0.25) is 0 Å². The number of rotatable bonds is 8. The van der Waals surface area contributed by atoms with E-state index in [1.54, 1.807) is 0 Å². The molecule has 1 heterocycles. The Morgan fingerprint density at radius 2 is 1.40 bits per heavy atom. The van der Waals surface area contributed by atoms with Gasteiger partial charge in [-0.3, -0.25) is 0 Å². The largest absolute Gasteiger partial charge is 0.479 e. The average molecular weight is 470 g/mol. The molecule has 0 bridgehead atoms. The number of aliphatic carboxylic acids is 1. The minimum atomic E-state index is -7.15. The van der Waals surface area contributed by atoms with Gasteiger partial charge in [0.1, 0.15) is 18.3 Å². The summed E-state index contributed by atoms with van der Waals surface area (Å²) in [5.41, 5.74) is 0. The van der Waals surface area contributed by atoms with Gasteiger partial charge in [-0.05, 0) is 0 Å². The summed E-state index contributed by atoms with van der Waals surface area (Å²) in [5, 5.41) is 46.5. The van der Waals surface area contributed by atoms with Crippen molar-refractivity contribution in [2.75, 3.05) is 6.61 Å². The molecule has 0 aromatic heterocycles. The molecule has 6 atom stereocenters. The van der Waals surface area contributed by atoms with E-state index >= 15 is 0 Å². The van der Waals surface area contributed by atoms with Gasteiger partial charge in [0.05, 0.1) is 12.7 Å². The van der Waals surface area contributed by atoms with Gasteiger partial charge >= 0.3 is 29.9 Å². The van der Waals surface area contributed by atoms with Crippen LogP contribution in [0, 0.1) is 0 Å². The number of halogens is 9. The van der Waals surface area contributed by atoms with Crippen molar-refractivity contribution in [2.45, 2.75) is 67.2 Å². The molecule has 8 nitrogen and oxygen atoms in total. The van der Waals surface area contributed by atoms with Crippen molar-refractivity contribution in [1.82, 2.24) is 0 Å². The fraction of sp³-hybridized carbons (Fsp3) is 0.923. The maximum Gasteiger partial charge on any atom is 0.460 e. The number of aliphatic hydroxyl groups excluding tert-OH is 4. The molecule has 30 heavy (non-hydrogen) atoms.